The zero-order valence-corrected chi connectivity index (χ0v) is 12.2. The van der Waals surface area contributed by atoms with Crippen LogP contribution < -0.4 is 5.32 Å². The zero-order valence-electron chi connectivity index (χ0n) is 12.2. The van der Waals surface area contributed by atoms with Crippen LogP contribution in [0.15, 0.2) is 24.3 Å². The van der Waals surface area contributed by atoms with Crippen LogP contribution in [0.25, 0.3) is 0 Å². The second-order valence-corrected chi connectivity index (χ2v) is 5.27. The van der Waals surface area contributed by atoms with Crippen LogP contribution in [-0.2, 0) is 4.74 Å². The summed E-state index contributed by atoms with van der Waals surface area (Å²) in [5.41, 5.74) is 0.763. The van der Waals surface area contributed by atoms with E-state index < -0.39 is 12.8 Å². The van der Waals surface area contributed by atoms with Crippen LogP contribution in [0, 0.1) is 5.82 Å². The Bertz CT molecular complexity index is 420. The summed E-state index contributed by atoms with van der Waals surface area (Å²) in [6.07, 6.45) is -3.91. The topological polar surface area (TPSA) is 21.3 Å². The van der Waals surface area contributed by atoms with Gasteiger partial charge in [0.05, 0.1) is 0 Å². The van der Waals surface area contributed by atoms with Gasteiger partial charge in [-0.2, -0.15) is 13.2 Å². The van der Waals surface area contributed by atoms with Crippen molar-refractivity contribution in [3.63, 3.8) is 0 Å². The van der Waals surface area contributed by atoms with E-state index in [0.717, 1.165) is 5.56 Å². The summed E-state index contributed by atoms with van der Waals surface area (Å²) >= 11 is 0. The minimum absolute atomic E-state index is 0.0134. The van der Waals surface area contributed by atoms with Gasteiger partial charge in [-0.15, -0.1) is 0 Å². The Balaban J connectivity index is 2.56. The fourth-order valence-corrected chi connectivity index (χ4v) is 1.94. The second kappa shape index (κ2) is 8.34. The van der Waals surface area contributed by atoms with Gasteiger partial charge in [0.1, 0.15) is 12.4 Å². The smallest absolute Gasteiger partial charge is 0.372 e. The standard InChI is InChI=1S/C15H21F4NO/c1-11(2)20-9-13(6-7-21-10-15(17,18)19)12-4-3-5-14(16)8-12/h3-5,8,11,13,20H,6-7,9-10H2,1-2H3. The highest BCUT2D eigenvalue weighted by Crippen LogP contribution is 2.21. The molecule has 0 spiro atoms. The molecule has 1 atom stereocenters. The van der Waals surface area contributed by atoms with Gasteiger partial charge >= 0.3 is 6.18 Å². The Kier molecular flexibility index (Phi) is 7.11. The monoisotopic (exact) mass is 307 g/mol. The third kappa shape index (κ3) is 8.02. The first kappa shape index (κ1) is 17.9. The maximum Gasteiger partial charge on any atom is 0.411 e. The van der Waals surface area contributed by atoms with Crippen LogP contribution in [0.1, 0.15) is 31.7 Å². The van der Waals surface area contributed by atoms with Gasteiger partial charge in [0.2, 0.25) is 0 Å². The quantitative estimate of drug-likeness (QED) is 0.581. The number of benzene rings is 1. The van der Waals surface area contributed by atoms with E-state index in [9.17, 15) is 17.6 Å². The highest BCUT2D eigenvalue weighted by Gasteiger charge is 2.27. The number of alkyl halides is 3. The maximum atomic E-state index is 13.3. The predicted molar refractivity (Wildman–Crippen MR) is 73.8 cm³/mol. The molecule has 1 N–H and O–H groups in total. The molecule has 120 valence electrons. The molecular formula is C15H21F4NO. The minimum Gasteiger partial charge on any atom is -0.372 e. The average Bonchev–Trinajstić information content (AvgIpc) is 2.36. The van der Waals surface area contributed by atoms with Gasteiger partial charge in [-0.25, -0.2) is 4.39 Å². The van der Waals surface area contributed by atoms with Gasteiger partial charge in [-0.05, 0) is 30.0 Å². The summed E-state index contributed by atoms with van der Waals surface area (Å²) in [6.45, 7) is 3.25. The van der Waals surface area contributed by atoms with Crippen molar-refractivity contribution < 1.29 is 22.3 Å². The van der Waals surface area contributed by atoms with Crippen LogP contribution in [0.3, 0.4) is 0 Å². The van der Waals surface area contributed by atoms with Crippen molar-refractivity contribution in [3.8, 4) is 0 Å². The van der Waals surface area contributed by atoms with E-state index in [0.29, 0.717) is 13.0 Å². The summed E-state index contributed by atoms with van der Waals surface area (Å²) < 4.78 is 54.0. The molecule has 0 radical (unpaired) electrons. The molecule has 0 aliphatic rings. The Morgan fingerprint density at radius 2 is 1.95 bits per heavy atom. The van der Waals surface area contributed by atoms with Crippen molar-refractivity contribution in [2.45, 2.75) is 38.4 Å². The largest absolute Gasteiger partial charge is 0.411 e. The van der Waals surface area contributed by atoms with E-state index >= 15 is 0 Å². The first-order valence-electron chi connectivity index (χ1n) is 6.91. The van der Waals surface area contributed by atoms with E-state index in [2.05, 4.69) is 10.1 Å². The lowest BCUT2D eigenvalue weighted by molar-refractivity contribution is -0.174. The van der Waals surface area contributed by atoms with Gasteiger partial charge < -0.3 is 10.1 Å². The van der Waals surface area contributed by atoms with E-state index in [-0.39, 0.29) is 24.4 Å². The Labute approximate surface area is 122 Å². The summed E-state index contributed by atoms with van der Waals surface area (Å²) in [6, 6.07) is 6.38. The molecule has 1 unspecified atom stereocenters. The molecule has 1 aromatic carbocycles. The first-order valence-corrected chi connectivity index (χ1v) is 6.91. The Morgan fingerprint density at radius 1 is 1.24 bits per heavy atom. The molecule has 0 saturated carbocycles. The summed E-state index contributed by atoms with van der Waals surface area (Å²) in [5, 5.41) is 3.22. The number of ether oxygens (including phenoxy) is 1. The number of hydrogen-bond acceptors (Lipinski definition) is 2. The van der Waals surface area contributed by atoms with Crippen LogP contribution in [0.2, 0.25) is 0 Å². The third-order valence-electron chi connectivity index (χ3n) is 2.97. The molecule has 1 rings (SSSR count). The molecule has 0 amide bonds. The molecule has 21 heavy (non-hydrogen) atoms. The predicted octanol–water partition coefficient (Wildman–Crippen LogP) is 3.88. The summed E-state index contributed by atoms with van der Waals surface area (Å²) in [5.74, 6) is -0.436. The molecule has 0 saturated heterocycles. The van der Waals surface area contributed by atoms with Crippen molar-refractivity contribution in [1.29, 1.82) is 0 Å². The van der Waals surface area contributed by atoms with E-state index in [4.69, 9.17) is 0 Å². The average molecular weight is 307 g/mol. The van der Waals surface area contributed by atoms with Crippen molar-refractivity contribution in [2.75, 3.05) is 19.8 Å². The lowest BCUT2D eigenvalue weighted by Crippen LogP contribution is -2.29. The fourth-order valence-electron chi connectivity index (χ4n) is 1.94. The number of hydrogen-bond donors (Lipinski definition) is 1. The van der Waals surface area contributed by atoms with Gasteiger partial charge in [0, 0.05) is 19.2 Å². The maximum absolute atomic E-state index is 13.3. The van der Waals surface area contributed by atoms with Crippen molar-refractivity contribution >= 4 is 0 Å². The van der Waals surface area contributed by atoms with Crippen LogP contribution in [0.5, 0.6) is 0 Å². The van der Waals surface area contributed by atoms with E-state index in [1.165, 1.54) is 12.1 Å². The molecule has 0 aromatic heterocycles. The zero-order chi connectivity index (χ0) is 15.9. The number of halogens is 4. The molecule has 0 heterocycles. The molecule has 1 aromatic rings. The lowest BCUT2D eigenvalue weighted by atomic mass is 9.95. The second-order valence-electron chi connectivity index (χ2n) is 5.27. The Hall–Kier alpha value is -1.14. The summed E-state index contributed by atoms with van der Waals surface area (Å²) in [4.78, 5) is 0. The van der Waals surface area contributed by atoms with Gasteiger partial charge in [-0.3, -0.25) is 0 Å². The normalized spacial score (nSPS) is 13.7. The Morgan fingerprint density at radius 3 is 2.52 bits per heavy atom. The van der Waals surface area contributed by atoms with Crippen LogP contribution >= 0.6 is 0 Å². The first-order chi connectivity index (χ1) is 9.78. The van der Waals surface area contributed by atoms with Crippen LogP contribution in [0.4, 0.5) is 17.6 Å². The lowest BCUT2D eigenvalue weighted by Gasteiger charge is -2.20. The summed E-state index contributed by atoms with van der Waals surface area (Å²) in [7, 11) is 0. The highest BCUT2D eigenvalue weighted by molar-refractivity contribution is 5.21. The molecule has 0 aliphatic carbocycles. The third-order valence-corrected chi connectivity index (χ3v) is 2.97. The van der Waals surface area contributed by atoms with E-state index in [1.807, 2.05) is 13.8 Å². The van der Waals surface area contributed by atoms with E-state index in [1.54, 1.807) is 12.1 Å². The van der Waals surface area contributed by atoms with Gasteiger partial charge in [-0.1, -0.05) is 26.0 Å². The van der Waals surface area contributed by atoms with Crippen molar-refractivity contribution in [1.82, 2.24) is 5.32 Å². The molecular weight excluding hydrogens is 286 g/mol. The van der Waals surface area contributed by atoms with Crippen molar-refractivity contribution in [3.05, 3.63) is 35.6 Å². The minimum atomic E-state index is -4.31. The molecule has 0 fully saturated rings. The van der Waals surface area contributed by atoms with Gasteiger partial charge in [0.15, 0.2) is 0 Å². The fraction of sp³-hybridized carbons (Fsp3) is 0.600. The molecule has 0 aliphatic heterocycles. The number of rotatable bonds is 8. The number of nitrogens with one attached hydrogen (secondary N) is 1. The molecule has 0 bridgehead atoms. The molecule has 2 nitrogen and oxygen atoms in total. The molecule has 6 heteroatoms. The van der Waals surface area contributed by atoms with Gasteiger partial charge in [0.25, 0.3) is 0 Å². The van der Waals surface area contributed by atoms with Crippen molar-refractivity contribution in [2.24, 2.45) is 0 Å². The van der Waals surface area contributed by atoms with Crippen LogP contribution in [-0.4, -0.2) is 32.0 Å². The highest BCUT2D eigenvalue weighted by atomic mass is 19.4. The SMILES string of the molecule is CC(C)NCC(CCOCC(F)(F)F)c1cccc(F)c1.